The molecule has 2 aromatic carbocycles. The Hall–Kier alpha value is -2.44. The number of nitrogens with one attached hydrogen (secondary N) is 1. The van der Waals surface area contributed by atoms with Crippen molar-refractivity contribution < 1.29 is 19.0 Å². The molecule has 1 N–H and O–H groups in total. The lowest BCUT2D eigenvalue weighted by Crippen LogP contribution is -2.44. The van der Waals surface area contributed by atoms with E-state index in [-0.39, 0.29) is 17.9 Å². The SMILES string of the molecule is CN1CCC(C(=O)NC[C@@H]2COc3ccc(OCc4ccc(Cl)cc4)cc3O2)CC1. The van der Waals surface area contributed by atoms with Crippen LogP contribution in [0.25, 0.3) is 0 Å². The minimum absolute atomic E-state index is 0.0888. The van der Waals surface area contributed by atoms with E-state index in [1.165, 1.54) is 0 Å². The summed E-state index contributed by atoms with van der Waals surface area (Å²) in [4.78, 5) is 14.7. The third kappa shape index (κ3) is 5.37. The molecule has 2 aromatic rings. The molecular weight excluding hydrogens is 404 g/mol. The Morgan fingerprint density at radius 2 is 1.93 bits per heavy atom. The quantitative estimate of drug-likeness (QED) is 0.759. The lowest BCUT2D eigenvalue weighted by atomic mass is 9.96. The Morgan fingerprint density at radius 3 is 2.70 bits per heavy atom. The molecule has 0 spiro atoms. The van der Waals surface area contributed by atoms with E-state index < -0.39 is 0 Å². The highest BCUT2D eigenvalue weighted by atomic mass is 35.5. The molecule has 2 heterocycles. The first-order chi connectivity index (χ1) is 14.6. The van der Waals surface area contributed by atoms with E-state index in [1.54, 1.807) is 0 Å². The van der Waals surface area contributed by atoms with Crippen LogP contribution in [0.5, 0.6) is 17.2 Å². The number of amides is 1. The zero-order valence-corrected chi connectivity index (χ0v) is 17.9. The number of likely N-dealkylation sites (tertiary alicyclic amines) is 1. The van der Waals surface area contributed by atoms with Gasteiger partial charge in [0.05, 0.1) is 6.54 Å². The van der Waals surface area contributed by atoms with Crippen LogP contribution in [0, 0.1) is 5.92 Å². The van der Waals surface area contributed by atoms with Crippen LogP contribution >= 0.6 is 11.6 Å². The van der Waals surface area contributed by atoms with Gasteiger partial charge in [-0.2, -0.15) is 0 Å². The summed E-state index contributed by atoms with van der Waals surface area (Å²) in [6.45, 7) is 3.21. The molecule has 0 radical (unpaired) electrons. The third-order valence-electron chi connectivity index (χ3n) is 5.55. The molecular formula is C23H27ClN2O4. The predicted octanol–water partition coefficient (Wildman–Crippen LogP) is 3.52. The Balaban J connectivity index is 1.28. The fraction of sp³-hybridized carbons (Fsp3) is 0.435. The van der Waals surface area contributed by atoms with Crippen LogP contribution in [-0.2, 0) is 11.4 Å². The van der Waals surface area contributed by atoms with Crippen molar-refractivity contribution in [2.75, 3.05) is 33.3 Å². The molecule has 0 aliphatic carbocycles. The number of halogens is 1. The third-order valence-corrected chi connectivity index (χ3v) is 5.80. The highest BCUT2D eigenvalue weighted by molar-refractivity contribution is 6.30. The lowest BCUT2D eigenvalue weighted by molar-refractivity contribution is -0.126. The molecule has 1 amide bonds. The number of hydrogen-bond acceptors (Lipinski definition) is 5. The fourth-order valence-corrected chi connectivity index (χ4v) is 3.79. The molecule has 0 aromatic heterocycles. The first-order valence-electron chi connectivity index (χ1n) is 10.3. The first-order valence-corrected chi connectivity index (χ1v) is 10.7. The zero-order valence-electron chi connectivity index (χ0n) is 17.1. The average Bonchev–Trinajstić information content (AvgIpc) is 2.77. The number of hydrogen-bond donors (Lipinski definition) is 1. The summed E-state index contributed by atoms with van der Waals surface area (Å²) in [6, 6.07) is 13.1. The Kier molecular flexibility index (Phi) is 6.65. The van der Waals surface area contributed by atoms with Gasteiger partial charge in [-0.25, -0.2) is 0 Å². The number of carbonyl (C=O) groups is 1. The van der Waals surface area contributed by atoms with Crippen LogP contribution in [0.2, 0.25) is 5.02 Å². The van der Waals surface area contributed by atoms with Gasteiger partial charge < -0.3 is 24.4 Å². The summed E-state index contributed by atoms with van der Waals surface area (Å²) in [6.07, 6.45) is 1.59. The summed E-state index contributed by atoms with van der Waals surface area (Å²) >= 11 is 5.92. The molecule has 30 heavy (non-hydrogen) atoms. The summed E-state index contributed by atoms with van der Waals surface area (Å²) in [5, 5.41) is 3.73. The monoisotopic (exact) mass is 430 g/mol. The molecule has 160 valence electrons. The average molecular weight is 431 g/mol. The molecule has 2 aliphatic rings. The largest absolute Gasteiger partial charge is 0.489 e. The van der Waals surface area contributed by atoms with Crippen LogP contribution in [0.1, 0.15) is 18.4 Å². The number of nitrogens with zero attached hydrogens (tertiary/aromatic N) is 1. The van der Waals surface area contributed by atoms with Crippen LogP contribution in [0.15, 0.2) is 42.5 Å². The van der Waals surface area contributed by atoms with Gasteiger partial charge in [0.1, 0.15) is 25.1 Å². The molecule has 7 heteroatoms. The number of rotatable bonds is 6. The number of piperidine rings is 1. The number of carbonyl (C=O) groups excluding carboxylic acids is 1. The topological polar surface area (TPSA) is 60.0 Å². The van der Waals surface area contributed by atoms with E-state index in [9.17, 15) is 4.79 Å². The maximum Gasteiger partial charge on any atom is 0.223 e. The van der Waals surface area contributed by atoms with Gasteiger partial charge in [0, 0.05) is 17.0 Å². The molecule has 0 saturated carbocycles. The highest BCUT2D eigenvalue weighted by Crippen LogP contribution is 2.35. The van der Waals surface area contributed by atoms with Crippen molar-refractivity contribution in [1.82, 2.24) is 10.2 Å². The predicted molar refractivity (Wildman–Crippen MR) is 115 cm³/mol. The molecule has 1 atom stereocenters. The Morgan fingerprint density at radius 1 is 1.17 bits per heavy atom. The van der Waals surface area contributed by atoms with Crippen LogP contribution < -0.4 is 19.5 Å². The second-order valence-electron chi connectivity index (χ2n) is 7.90. The Labute approximate surface area is 182 Å². The van der Waals surface area contributed by atoms with Gasteiger partial charge in [0.2, 0.25) is 5.91 Å². The smallest absolute Gasteiger partial charge is 0.223 e. The van der Waals surface area contributed by atoms with E-state index in [0.717, 1.165) is 31.5 Å². The normalized spacial score (nSPS) is 19.3. The molecule has 0 bridgehead atoms. The second-order valence-corrected chi connectivity index (χ2v) is 8.33. The molecule has 4 rings (SSSR count). The van der Waals surface area contributed by atoms with E-state index >= 15 is 0 Å². The maximum absolute atomic E-state index is 12.4. The molecule has 6 nitrogen and oxygen atoms in total. The zero-order chi connectivity index (χ0) is 20.9. The van der Waals surface area contributed by atoms with E-state index in [1.807, 2.05) is 42.5 Å². The minimum Gasteiger partial charge on any atom is -0.489 e. The molecule has 2 aliphatic heterocycles. The van der Waals surface area contributed by atoms with Crippen LogP contribution in [0.4, 0.5) is 0 Å². The van der Waals surface area contributed by atoms with Crippen molar-refractivity contribution in [2.24, 2.45) is 5.92 Å². The summed E-state index contributed by atoms with van der Waals surface area (Å²) in [7, 11) is 2.09. The van der Waals surface area contributed by atoms with Gasteiger partial charge in [-0.15, -0.1) is 0 Å². The summed E-state index contributed by atoms with van der Waals surface area (Å²) in [5.41, 5.74) is 1.03. The van der Waals surface area contributed by atoms with Crippen molar-refractivity contribution in [3.05, 3.63) is 53.1 Å². The minimum atomic E-state index is -0.223. The van der Waals surface area contributed by atoms with Crippen molar-refractivity contribution in [3.63, 3.8) is 0 Å². The molecule has 1 saturated heterocycles. The molecule has 0 unspecified atom stereocenters. The van der Waals surface area contributed by atoms with E-state index in [0.29, 0.717) is 42.0 Å². The van der Waals surface area contributed by atoms with Crippen molar-refractivity contribution in [3.8, 4) is 17.2 Å². The fourth-order valence-electron chi connectivity index (χ4n) is 3.66. The van der Waals surface area contributed by atoms with Crippen molar-refractivity contribution >= 4 is 17.5 Å². The van der Waals surface area contributed by atoms with Gasteiger partial charge >= 0.3 is 0 Å². The number of fused-ring (bicyclic) bond motifs is 1. The van der Waals surface area contributed by atoms with Crippen molar-refractivity contribution in [2.45, 2.75) is 25.6 Å². The summed E-state index contributed by atoms with van der Waals surface area (Å²) in [5.74, 6) is 2.21. The lowest BCUT2D eigenvalue weighted by Gasteiger charge is -2.30. The van der Waals surface area contributed by atoms with Gasteiger partial charge in [-0.05, 0) is 62.8 Å². The first kappa shape index (κ1) is 20.8. The van der Waals surface area contributed by atoms with Gasteiger partial charge in [-0.3, -0.25) is 4.79 Å². The van der Waals surface area contributed by atoms with Gasteiger partial charge in [0.15, 0.2) is 11.5 Å². The second kappa shape index (κ2) is 9.58. The van der Waals surface area contributed by atoms with E-state index in [4.69, 9.17) is 25.8 Å². The standard InChI is InChI=1S/C23H27ClN2O4/c1-26-10-8-17(9-11-26)23(27)25-13-20-15-29-21-7-6-19(12-22(21)30-20)28-14-16-2-4-18(24)5-3-16/h2-7,12,17,20H,8-11,13-15H2,1H3,(H,25,27)/t20-/m1/s1. The van der Waals surface area contributed by atoms with Gasteiger partial charge in [-0.1, -0.05) is 23.7 Å². The summed E-state index contributed by atoms with van der Waals surface area (Å²) < 4.78 is 17.7. The highest BCUT2D eigenvalue weighted by Gasteiger charge is 2.26. The number of benzene rings is 2. The number of ether oxygens (including phenoxy) is 3. The maximum atomic E-state index is 12.4. The Bertz CT molecular complexity index is 866. The van der Waals surface area contributed by atoms with Crippen molar-refractivity contribution in [1.29, 1.82) is 0 Å². The van der Waals surface area contributed by atoms with E-state index in [2.05, 4.69) is 17.3 Å². The molecule has 1 fully saturated rings. The van der Waals surface area contributed by atoms with Crippen LogP contribution in [-0.4, -0.2) is 50.2 Å². The van der Waals surface area contributed by atoms with Gasteiger partial charge in [0.25, 0.3) is 0 Å². The van der Waals surface area contributed by atoms with Crippen LogP contribution in [0.3, 0.4) is 0 Å².